The molecule has 0 aromatic carbocycles. The average molecular weight is 248 g/mol. The summed E-state index contributed by atoms with van der Waals surface area (Å²) < 4.78 is 0. The first-order valence-electron chi connectivity index (χ1n) is 6.94. The molecule has 1 fully saturated rings. The molecule has 0 saturated heterocycles. The monoisotopic (exact) mass is 248 g/mol. The lowest BCUT2D eigenvalue weighted by atomic mass is 9.93. The third kappa shape index (κ3) is 2.74. The average Bonchev–Trinajstić information content (AvgIpc) is 2.70. The molecule has 1 aromatic heterocycles. The first-order valence-corrected chi connectivity index (χ1v) is 6.94. The van der Waals surface area contributed by atoms with Crippen LogP contribution in [0.5, 0.6) is 0 Å². The van der Waals surface area contributed by atoms with Crippen LogP contribution in [0.4, 0.5) is 11.6 Å². The second kappa shape index (κ2) is 5.55. The van der Waals surface area contributed by atoms with Crippen LogP contribution in [-0.2, 0) is 0 Å². The van der Waals surface area contributed by atoms with E-state index in [1.165, 1.54) is 19.3 Å². The highest BCUT2D eigenvalue weighted by Gasteiger charge is 2.31. The van der Waals surface area contributed by atoms with Gasteiger partial charge in [0.05, 0.1) is 0 Å². The van der Waals surface area contributed by atoms with Crippen LogP contribution in [-0.4, -0.2) is 23.1 Å². The molecule has 4 nitrogen and oxygen atoms in total. The predicted octanol–water partition coefficient (Wildman–Crippen LogP) is 3.06. The highest BCUT2D eigenvalue weighted by molar-refractivity contribution is 5.47. The Bertz CT molecular complexity index is 405. The van der Waals surface area contributed by atoms with Crippen molar-refractivity contribution in [3.63, 3.8) is 0 Å². The van der Waals surface area contributed by atoms with E-state index in [2.05, 4.69) is 34.4 Å². The van der Waals surface area contributed by atoms with Gasteiger partial charge in [0.15, 0.2) is 0 Å². The molecule has 3 unspecified atom stereocenters. The summed E-state index contributed by atoms with van der Waals surface area (Å²) in [5.41, 5.74) is 0. The molecular formula is C14H24N4. The molecule has 1 aliphatic carbocycles. The number of rotatable bonds is 4. The van der Waals surface area contributed by atoms with E-state index >= 15 is 0 Å². The van der Waals surface area contributed by atoms with Gasteiger partial charge in [0.1, 0.15) is 17.5 Å². The molecule has 0 spiro atoms. The Labute approximate surface area is 110 Å². The second-order valence-corrected chi connectivity index (χ2v) is 5.29. The molecule has 2 rings (SSSR count). The molecule has 2 N–H and O–H groups in total. The van der Waals surface area contributed by atoms with Gasteiger partial charge in [-0.3, -0.25) is 0 Å². The maximum Gasteiger partial charge on any atom is 0.132 e. The lowest BCUT2D eigenvalue weighted by Crippen LogP contribution is -2.25. The maximum atomic E-state index is 4.47. The number of nitrogens with zero attached hydrogens (tertiary/aromatic N) is 2. The molecule has 100 valence electrons. The number of anilines is 2. The summed E-state index contributed by atoms with van der Waals surface area (Å²) in [6, 6.07) is 2.54. The van der Waals surface area contributed by atoms with Gasteiger partial charge in [-0.05, 0) is 31.6 Å². The number of hydrogen-bond acceptors (Lipinski definition) is 4. The Hall–Kier alpha value is -1.32. The van der Waals surface area contributed by atoms with E-state index in [4.69, 9.17) is 0 Å². The van der Waals surface area contributed by atoms with E-state index < -0.39 is 0 Å². The standard InChI is InChI=1S/C14H24N4/c1-5-11-6-7-12(9(11)2)18-14-8-13(15-4)16-10(3)17-14/h8-9,11-12H,5-7H2,1-4H3,(H2,15,16,17,18). The Morgan fingerprint density at radius 1 is 1.28 bits per heavy atom. The van der Waals surface area contributed by atoms with Gasteiger partial charge < -0.3 is 10.6 Å². The van der Waals surface area contributed by atoms with Crippen molar-refractivity contribution in [3.8, 4) is 0 Å². The van der Waals surface area contributed by atoms with Gasteiger partial charge in [0.25, 0.3) is 0 Å². The Morgan fingerprint density at radius 3 is 2.61 bits per heavy atom. The van der Waals surface area contributed by atoms with Crippen molar-refractivity contribution in [2.75, 3.05) is 17.7 Å². The summed E-state index contributed by atoms with van der Waals surface area (Å²) in [5.74, 6) is 4.21. The van der Waals surface area contributed by atoms with Crippen molar-refractivity contribution in [1.29, 1.82) is 0 Å². The highest BCUT2D eigenvalue weighted by atomic mass is 15.1. The molecule has 1 aromatic rings. The molecular weight excluding hydrogens is 224 g/mol. The Kier molecular flexibility index (Phi) is 4.04. The zero-order chi connectivity index (χ0) is 13.1. The zero-order valence-corrected chi connectivity index (χ0v) is 11.8. The second-order valence-electron chi connectivity index (χ2n) is 5.29. The van der Waals surface area contributed by atoms with E-state index in [1.807, 2.05) is 20.0 Å². The number of aromatic nitrogens is 2. The predicted molar refractivity (Wildman–Crippen MR) is 75.9 cm³/mol. The number of hydrogen-bond donors (Lipinski definition) is 2. The zero-order valence-electron chi connectivity index (χ0n) is 11.8. The van der Waals surface area contributed by atoms with Crippen LogP contribution in [0.3, 0.4) is 0 Å². The summed E-state index contributed by atoms with van der Waals surface area (Å²) in [6.07, 6.45) is 3.86. The lowest BCUT2D eigenvalue weighted by molar-refractivity contribution is 0.391. The van der Waals surface area contributed by atoms with Gasteiger partial charge in [0, 0.05) is 19.2 Å². The summed E-state index contributed by atoms with van der Waals surface area (Å²) >= 11 is 0. The SMILES string of the molecule is CCC1CCC(Nc2cc(NC)nc(C)n2)C1C. The van der Waals surface area contributed by atoms with E-state index in [9.17, 15) is 0 Å². The fraction of sp³-hybridized carbons (Fsp3) is 0.714. The fourth-order valence-electron chi connectivity index (χ4n) is 2.99. The van der Waals surface area contributed by atoms with Crippen molar-refractivity contribution >= 4 is 11.6 Å². The van der Waals surface area contributed by atoms with E-state index in [-0.39, 0.29) is 0 Å². The lowest BCUT2D eigenvalue weighted by Gasteiger charge is -2.21. The quantitative estimate of drug-likeness (QED) is 0.860. The molecule has 0 radical (unpaired) electrons. The van der Waals surface area contributed by atoms with Crippen LogP contribution in [0.25, 0.3) is 0 Å². The number of nitrogens with one attached hydrogen (secondary N) is 2. The van der Waals surface area contributed by atoms with Crippen molar-refractivity contribution < 1.29 is 0 Å². The molecule has 1 saturated carbocycles. The topological polar surface area (TPSA) is 49.8 Å². The minimum atomic E-state index is 0.550. The van der Waals surface area contributed by atoms with Crippen molar-refractivity contribution in [1.82, 2.24) is 9.97 Å². The van der Waals surface area contributed by atoms with Crippen LogP contribution in [0.2, 0.25) is 0 Å². The van der Waals surface area contributed by atoms with Crippen molar-refractivity contribution in [2.45, 2.75) is 46.1 Å². The van der Waals surface area contributed by atoms with Crippen LogP contribution in [0.1, 0.15) is 38.9 Å². The third-order valence-electron chi connectivity index (χ3n) is 4.18. The van der Waals surface area contributed by atoms with Crippen LogP contribution in [0.15, 0.2) is 6.07 Å². The highest BCUT2D eigenvalue weighted by Crippen LogP contribution is 2.35. The van der Waals surface area contributed by atoms with Gasteiger partial charge >= 0.3 is 0 Å². The van der Waals surface area contributed by atoms with E-state index in [0.29, 0.717) is 6.04 Å². The van der Waals surface area contributed by atoms with Gasteiger partial charge in [-0.25, -0.2) is 9.97 Å². The largest absolute Gasteiger partial charge is 0.373 e. The van der Waals surface area contributed by atoms with Gasteiger partial charge in [-0.1, -0.05) is 20.3 Å². The van der Waals surface area contributed by atoms with Gasteiger partial charge in [0.2, 0.25) is 0 Å². The number of aryl methyl sites for hydroxylation is 1. The fourth-order valence-corrected chi connectivity index (χ4v) is 2.99. The van der Waals surface area contributed by atoms with Gasteiger partial charge in [-0.15, -0.1) is 0 Å². The Balaban J connectivity index is 2.08. The normalized spacial score (nSPS) is 27.2. The molecule has 0 aliphatic heterocycles. The molecule has 1 aliphatic rings. The molecule has 4 heteroatoms. The Morgan fingerprint density at radius 2 is 2.00 bits per heavy atom. The summed E-state index contributed by atoms with van der Waals surface area (Å²) in [5, 5.41) is 6.65. The third-order valence-corrected chi connectivity index (χ3v) is 4.18. The summed E-state index contributed by atoms with van der Waals surface area (Å²) in [4.78, 5) is 8.78. The first kappa shape index (κ1) is 13.1. The smallest absolute Gasteiger partial charge is 0.132 e. The minimum absolute atomic E-state index is 0.550. The van der Waals surface area contributed by atoms with Crippen molar-refractivity contribution in [2.24, 2.45) is 11.8 Å². The summed E-state index contributed by atoms with van der Waals surface area (Å²) in [6.45, 7) is 6.57. The van der Waals surface area contributed by atoms with Crippen LogP contribution < -0.4 is 10.6 Å². The molecule has 18 heavy (non-hydrogen) atoms. The van der Waals surface area contributed by atoms with Crippen LogP contribution in [0, 0.1) is 18.8 Å². The first-order chi connectivity index (χ1) is 8.63. The van der Waals surface area contributed by atoms with E-state index in [1.54, 1.807) is 0 Å². The molecule has 3 atom stereocenters. The van der Waals surface area contributed by atoms with Crippen LogP contribution >= 0.6 is 0 Å². The van der Waals surface area contributed by atoms with Crippen molar-refractivity contribution in [3.05, 3.63) is 11.9 Å². The molecule has 0 amide bonds. The molecule has 0 bridgehead atoms. The minimum Gasteiger partial charge on any atom is -0.373 e. The molecule has 1 heterocycles. The summed E-state index contributed by atoms with van der Waals surface area (Å²) in [7, 11) is 1.89. The maximum absolute atomic E-state index is 4.47. The van der Waals surface area contributed by atoms with Gasteiger partial charge in [-0.2, -0.15) is 0 Å². The van der Waals surface area contributed by atoms with E-state index in [0.717, 1.165) is 29.3 Å².